The van der Waals surface area contributed by atoms with E-state index in [-0.39, 0.29) is 12.5 Å². The van der Waals surface area contributed by atoms with Gasteiger partial charge in [0.15, 0.2) is 0 Å². The van der Waals surface area contributed by atoms with E-state index < -0.39 is 12.1 Å². The molecule has 0 heterocycles. The number of rotatable bonds is 51. The van der Waals surface area contributed by atoms with Crippen LogP contribution in [-0.4, -0.2) is 34.9 Å². The van der Waals surface area contributed by atoms with Gasteiger partial charge >= 0.3 is 0 Å². The molecule has 3 N–H and O–H groups in total. The molecule has 1 amide bonds. The van der Waals surface area contributed by atoms with E-state index in [1.54, 1.807) is 0 Å². The van der Waals surface area contributed by atoms with Gasteiger partial charge in [-0.3, -0.25) is 4.79 Å². The van der Waals surface area contributed by atoms with Crippen LogP contribution >= 0.6 is 0 Å². The van der Waals surface area contributed by atoms with Crippen molar-refractivity contribution >= 4 is 5.91 Å². The number of nitrogens with one attached hydrogen (secondary N) is 1. The van der Waals surface area contributed by atoms with Crippen molar-refractivity contribution < 1.29 is 15.0 Å². The van der Waals surface area contributed by atoms with Crippen molar-refractivity contribution in [1.29, 1.82) is 0 Å². The number of unbranched alkanes of at least 4 members (excludes halogenated alkanes) is 38. The van der Waals surface area contributed by atoms with Crippen molar-refractivity contribution in [3.8, 4) is 0 Å². The van der Waals surface area contributed by atoms with Crippen LogP contribution in [0.1, 0.15) is 303 Å². The number of amides is 1. The van der Waals surface area contributed by atoms with Gasteiger partial charge in [-0.15, -0.1) is 0 Å². The van der Waals surface area contributed by atoms with Crippen LogP contribution in [0.3, 0.4) is 0 Å². The smallest absolute Gasteiger partial charge is 0.220 e. The van der Waals surface area contributed by atoms with Crippen LogP contribution in [0.4, 0.5) is 0 Å². The highest BCUT2D eigenvalue weighted by atomic mass is 16.3. The maximum absolute atomic E-state index is 12.4. The summed E-state index contributed by atoms with van der Waals surface area (Å²) in [6, 6.07) is -0.531. The van der Waals surface area contributed by atoms with Crippen LogP contribution in [0.5, 0.6) is 0 Å². The Morgan fingerprint density at radius 3 is 1.00 bits per heavy atom. The Balaban J connectivity index is 3.32. The Hall–Kier alpha value is -1.39. The third-order valence-corrected chi connectivity index (χ3v) is 12.9. The number of hydrogen-bond donors (Lipinski definition) is 3. The first-order chi connectivity index (χ1) is 30.2. The molecule has 0 aromatic heterocycles. The minimum Gasteiger partial charge on any atom is -0.394 e. The average Bonchev–Trinajstić information content (AvgIpc) is 3.26. The van der Waals surface area contributed by atoms with Crippen molar-refractivity contribution in [1.82, 2.24) is 5.32 Å². The van der Waals surface area contributed by atoms with Crippen LogP contribution in [0.15, 0.2) is 36.5 Å². The highest BCUT2D eigenvalue weighted by Crippen LogP contribution is 2.17. The molecule has 0 aliphatic rings. The molecule has 0 bridgehead atoms. The van der Waals surface area contributed by atoms with Crippen molar-refractivity contribution in [3.05, 3.63) is 36.5 Å². The third-order valence-electron chi connectivity index (χ3n) is 12.9. The largest absolute Gasteiger partial charge is 0.394 e. The summed E-state index contributed by atoms with van der Waals surface area (Å²) in [6.07, 6.45) is 71.6. The van der Waals surface area contributed by atoms with Gasteiger partial charge < -0.3 is 15.5 Å². The van der Waals surface area contributed by atoms with Gasteiger partial charge in [0, 0.05) is 6.42 Å². The normalized spacial score (nSPS) is 13.0. The van der Waals surface area contributed by atoms with Gasteiger partial charge in [-0.2, -0.15) is 0 Å². The summed E-state index contributed by atoms with van der Waals surface area (Å²) in [4.78, 5) is 12.4. The van der Waals surface area contributed by atoms with E-state index in [9.17, 15) is 15.0 Å². The molecular weight excluding hydrogens is 747 g/mol. The molecule has 0 spiro atoms. The molecule has 2 unspecified atom stereocenters. The molecule has 360 valence electrons. The van der Waals surface area contributed by atoms with Gasteiger partial charge in [0.1, 0.15) is 0 Å². The van der Waals surface area contributed by atoms with Gasteiger partial charge in [-0.25, -0.2) is 0 Å². The van der Waals surface area contributed by atoms with E-state index in [0.29, 0.717) is 12.8 Å². The van der Waals surface area contributed by atoms with Gasteiger partial charge in [-0.1, -0.05) is 281 Å². The molecule has 0 saturated carbocycles. The van der Waals surface area contributed by atoms with Gasteiger partial charge in [-0.05, 0) is 51.4 Å². The number of hydrogen-bond acceptors (Lipinski definition) is 3. The van der Waals surface area contributed by atoms with E-state index in [4.69, 9.17) is 0 Å². The van der Waals surface area contributed by atoms with E-state index in [2.05, 4.69) is 55.6 Å². The standard InChI is InChI=1S/C57H109NO3/c1-3-5-7-9-11-13-14-15-16-17-18-19-20-21-22-23-24-25-26-27-28-29-30-31-32-33-34-35-36-37-38-39-40-41-42-43-44-45-47-49-51-53-57(61)58-55(54-59)56(60)52-50-48-46-12-10-8-6-4-2/h14-15,17-18,20-21,55-56,59-60H,3-13,16,19,22-54H2,1-2H3,(H,58,61)/b15-14-,18-17-,21-20-. The summed E-state index contributed by atoms with van der Waals surface area (Å²) in [5, 5.41) is 23.0. The van der Waals surface area contributed by atoms with Gasteiger partial charge in [0.25, 0.3) is 0 Å². The molecule has 61 heavy (non-hydrogen) atoms. The highest BCUT2D eigenvalue weighted by molar-refractivity contribution is 5.76. The maximum Gasteiger partial charge on any atom is 0.220 e. The lowest BCUT2D eigenvalue weighted by molar-refractivity contribution is -0.123. The second kappa shape index (κ2) is 53.0. The monoisotopic (exact) mass is 856 g/mol. The topological polar surface area (TPSA) is 69.6 Å². The summed E-state index contributed by atoms with van der Waals surface area (Å²) in [7, 11) is 0. The number of aliphatic hydroxyl groups is 2. The SMILES string of the molecule is CCCCCCC/C=C\C/C=C\C/C=C\CCCCCCCCCCCCCCCCCCCCCCCCCCCCC(=O)NC(CO)C(O)CCCCCCCCCC. The number of carbonyl (C=O) groups excluding carboxylic acids is 1. The van der Waals surface area contributed by atoms with Crippen LogP contribution in [0, 0.1) is 0 Å². The van der Waals surface area contributed by atoms with Gasteiger partial charge in [0.2, 0.25) is 5.91 Å². The first-order valence-corrected chi connectivity index (χ1v) is 27.7. The highest BCUT2D eigenvalue weighted by Gasteiger charge is 2.20. The first-order valence-electron chi connectivity index (χ1n) is 27.7. The lowest BCUT2D eigenvalue weighted by atomic mass is 10.0. The van der Waals surface area contributed by atoms with Gasteiger partial charge in [0.05, 0.1) is 18.8 Å². The molecule has 4 heteroatoms. The molecule has 0 saturated heterocycles. The van der Waals surface area contributed by atoms with Crippen LogP contribution in [-0.2, 0) is 4.79 Å². The summed E-state index contributed by atoms with van der Waals surface area (Å²) in [6.45, 7) is 4.33. The summed E-state index contributed by atoms with van der Waals surface area (Å²) < 4.78 is 0. The Morgan fingerprint density at radius 2 is 0.672 bits per heavy atom. The Labute approximate surface area is 382 Å². The minimum atomic E-state index is -0.654. The molecule has 0 fully saturated rings. The second-order valence-electron chi connectivity index (χ2n) is 19.0. The third kappa shape index (κ3) is 49.5. The van der Waals surface area contributed by atoms with Crippen LogP contribution in [0.2, 0.25) is 0 Å². The van der Waals surface area contributed by atoms with Crippen LogP contribution in [0.25, 0.3) is 0 Å². The van der Waals surface area contributed by atoms with Crippen molar-refractivity contribution in [2.45, 2.75) is 315 Å². The quantitative estimate of drug-likeness (QED) is 0.0422. The predicted molar refractivity (Wildman–Crippen MR) is 272 cm³/mol. The zero-order chi connectivity index (χ0) is 44.2. The average molecular weight is 857 g/mol. The van der Waals surface area contributed by atoms with Crippen LogP contribution < -0.4 is 5.32 Å². The Bertz CT molecular complexity index is 928. The van der Waals surface area contributed by atoms with Crippen molar-refractivity contribution in [2.24, 2.45) is 0 Å². The van der Waals surface area contributed by atoms with E-state index in [0.717, 1.165) is 38.5 Å². The Morgan fingerprint density at radius 1 is 0.393 bits per heavy atom. The number of allylic oxidation sites excluding steroid dienone is 6. The fraction of sp³-hybridized carbons (Fsp3) is 0.877. The van der Waals surface area contributed by atoms with Crippen molar-refractivity contribution in [2.75, 3.05) is 6.61 Å². The Kier molecular flexibility index (Phi) is 51.7. The summed E-state index contributed by atoms with van der Waals surface area (Å²) in [5.41, 5.74) is 0. The number of carbonyl (C=O) groups is 1. The van der Waals surface area contributed by atoms with Crippen molar-refractivity contribution in [3.63, 3.8) is 0 Å². The fourth-order valence-corrected chi connectivity index (χ4v) is 8.66. The lowest BCUT2D eigenvalue weighted by Gasteiger charge is -2.22. The predicted octanol–water partition coefficient (Wildman–Crippen LogP) is 18.1. The fourth-order valence-electron chi connectivity index (χ4n) is 8.66. The minimum absolute atomic E-state index is 0.0298. The molecule has 2 atom stereocenters. The molecule has 0 aromatic carbocycles. The summed E-state index contributed by atoms with van der Waals surface area (Å²) >= 11 is 0. The molecule has 0 aliphatic heterocycles. The molecule has 0 rings (SSSR count). The maximum atomic E-state index is 12.4. The summed E-state index contributed by atoms with van der Waals surface area (Å²) in [5.74, 6) is -0.0298. The zero-order valence-corrected chi connectivity index (χ0v) is 41.4. The van der Waals surface area contributed by atoms with E-state index >= 15 is 0 Å². The van der Waals surface area contributed by atoms with E-state index in [1.165, 1.54) is 238 Å². The lowest BCUT2D eigenvalue weighted by Crippen LogP contribution is -2.45. The first kappa shape index (κ1) is 59.6. The zero-order valence-electron chi connectivity index (χ0n) is 41.4. The molecule has 0 radical (unpaired) electrons. The molecule has 0 aliphatic carbocycles. The second-order valence-corrected chi connectivity index (χ2v) is 19.0. The molecule has 4 nitrogen and oxygen atoms in total. The molecular formula is C57H109NO3. The van der Waals surface area contributed by atoms with E-state index in [1.807, 2.05) is 0 Å². The number of aliphatic hydroxyl groups excluding tert-OH is 2. The molecule has 0 aromatic rings.